The zero-order chi connectivity index (χ0) is 16.8. The number of nitrogens with one attached hydrogen (secondary N) is 3. The molecule has 1 aromatic rings. The van der Waals surface area contributed by atoms with Crippen LogP contribution in [-0.2, 0) is 21.4 Å². The average molecular weight is 327 g/mol. The van der Waals surface area contributed by atoms with E-state index in [4.69, 9.17) is 0 Å². The summed E-state index contributed by atoms with van der Waals surface area (Å²) in [6.45, 7) is 6.12. The third-order valence-corrected chi connectivity index (χ3v) is 4.64. The third-order valence-electron chi connectivity index (χ3n) is 2.78. The van der Waals surface area contributed by atoms with Crippen molar-refractivity contribution >= 4 is 15.9 Å². The molecule has 22 heavy (non-hydrogen) atoms. The van der Waals surface area contributed by atoms with Gasteiger partial charge in [-0.2, -0.15) is 0 Å². The Kier molecular flexibility index (Phi) is 6.52. The van der Waals surface area contributed by atoms with Gasteiger partial charge in [-0.25, -0.2) is 13.1 Å². The number of carbonyl (C=O) groups is 1. The molecule has 0 aromatic heterocycles. The van der Waals surface area contributed by atoms with Crippen LogP contribution < -0.4 is 15.4 Å². The largest absolute Gasteiger partial charge is 0.352 e. The Balaban J connectivity index is 2.88. The number of carbonyl (C=O) groups excluding carboxylic acids is 1. The second-order valence-electron chi connectivity index (χ2n) is 6.09. The number of hydrogen-bond donors (Lipinski definition) is 3. The van der Waals surface area contributed by atoms with Gasteiger partial charge in [0.05, 0.1) is 4.90 Å². The zero-order valence-electron chi connectivity index (χ0n) is 13.6. The summed E-state index contributed by atoms with van der Waals surface area (Å²) >= 11 is 0. The topological polar surface area (TPSA) is 87.3 Å². The molecule has 0 unspecified atom stereocenters. The van der Waals surface area contributed by atoms with Crippen molar-refractivity contribution in [3.8, 4) is 0 Å². The van der Waals surface area contributed by atoms with Gasteiger partial charge in [0.1, 0.15) is 0 Å². The van der Waals surface area contributed by atoms with E-state index >= 15 is 0 Å². The van der Waals surface area contributed by atoms with Crippen molar-refractivity contribution < 1.29 is 13.2 Å². The number of amides is 1. The van der Waals surface area contributed by atoms with Gasteiger partial charge < -0.3 is 10.6 Å². The van der Waals surface area contributed by atoms with E-state index in [1.54, 1.807) is 52.1 Å². The smallest absolute Gasteiger partial charge is 0.241 e. The van der Waals surface area contributed by atoms with E-state index < -0.39 is 15.6 Å². The summed E-state index contributed by atoms with van der Waals surface area (Å²) in [7, 11) is -1.86. The minimum absolute atomic E-state index is 0.120. The quantitative estimate of drug-likeness (QED) is 0.697. The number of hydrogen-bond acceptors (Lipinski definition) is 4. The van der Waals surface area contributed by atoms with Crippen molar-refractivity contribution in [3.05, 3.63) is 29.8 Å². The molecule has 0 bridgehead atoms. The molecule has 124 valence electrons. The molecule has 0 saturated carbocycles. The molecule has 0 saturated heterocycles. The van der Waals surface area contributed by atoms with Crippen LogP contribution in [0, 0.1) is 0 Å². The fourth-order valence-electron chi connectivity index (χ4n) is 1.89. The Morgan fingerprint density at radius 2 is 1.82 bits per heavy atom. The fourth-order valence-corrected chi connectivity index (χ4v) is 3.55. The van der Waals surface area contributed by atoms with E-state index in [1.165, 1.54) is 0 Å². The first-order chi connectivity index (χ1) is 10.2. The van der Waals surface area contributed by atoms with Crippen LogP contribution in [0.3, 0.4) is 0 Å². The van der Waals surface area contributed by atoms with Gasteiger partial charge in [0.25, 0.3) is 0 Å². The predicted molar refractivity (Wildman–Crippen MR) is 86.9 cm³/mol. The standard InChI is InChI=1S/C15H25N3O3S/c1-15(2,3)18-22(20,21)13-8-6-5-7-12(13)11-17-14(19)9-10-16-4/h5-8,16,18H,9-11H2,1-4H3,(H,17,19). The Bertz CT molecular complexity index is 607. The minimum Gasteiger partial charge on any atom is -0.352 e. The molecule has 0 atom stereocenters. The maximum absolute atomic E-state index is 12.5. The summed E-state index contributed by atoms with van der Waals surface area (Å²) in [5.41, 5.74) is -0.000752. The lowest BCUT2D eigenvalue weighted by Crippen LogP contribution is -2.41. The molecule has 0 aliphatic carbocycles. The average Bonchev–Trinajstić information content (AvgIpc) is 2.40. The Labute approximate surface area is 132 Å². The highest BCUT2D eigenvalue weighted by molar-refractivity contribution is 7.89. The first kappa shape index (κ1) is 18.6. The zero-order valence-corrected chi connectivity index (χ0v) is 14.4. The molecule has 0 heterocycles. The summed E-state index contributed by atoms with van der Waals surface area (Å²) in [5, 5.41) is 5.63. The molecule has 1 aromatic carbocycles. The Morgan fingerprint density at radius 1 is 1.18 bits per heavy atom. The van der Waals surface area contributed by atoms with Gasteiger partial charge in [-0.05, 0) is 39.4 Å². The van der Waals surface area contributed by atoms with Crippen LogP contribution >= 0.6 is 0 Å². The van der Waals surface area contributed by atoms with Gasteiger partial charge >= 0.3 is 0 Å². The third kappa shape index (κ3) is 6.13. The lowest BCUT2D eigenvalue weighted by Gasteiger charge is -2.21. The molecule has 3 N–H and O–H groups in total. The molecule has 0 aliphatic heterocycles. The van der Waals surface area contributed by atoms with Crippen LogP contribution in [0.25, 0.3) is 0 Å². The Morgan fingerprint density at radius 3 is 2.41 bits per heavy atom. The van der Waals surface area contributed by atoms with Crippen molar-refractivity contribution in [1.29, 1.82) is 0 Å². The number of rotatable bonds is 7. The highest BCUT2D eigenvalue weighted by Gasteiger charge is 2.24. The summed E-state index contributed by atoms with van der Waals surface area (Å²) in [5.74, 6) is -0.120. The van der Waals surface area contributed by atoms with Crippen molar-refractivity contribution in [3.63, 3.8) is 0 Å². The summed E-state index contributed by atoms with van der Waals surface area (Å²) < 4.78 is 27.5. The fraction of sp³-hybridized carbons (Fsp3) is 0.533. The molecular weight excluding hydrogens is 302 g/mol. The van der Waals surface area contributed by atoms with Crippen molar-refractivity contribution in [2.24, 2.45) is 0 Å². The van der Waals surface area contributed by atoms with E-state index in [0.29, 0.717) is 18.5 Å². The highest BCUT2D eigenvalue weighted by Crippen LogP contribution is 2.17. The molecule has 1 amide bonds. The second-order valence-corrected chi connectivity index (χ2v) is 7.74. The van der Waals surface area contributed by atoms with Gasteiger partial charge in [-0.1, -0.05) is 18.2 Å². The van der Waals surface area contributed by atoms with E-state index in [-0.39, 0.29) is 17.3 Å². The van der Waals surface area contributed by atoms with Gasteiger partial charge in [0, 0.05) is 25.0 Å². The van der Waals surface area contributed by atoms with Gasteiger partial charge in [0.15, 0.2) is 0 Å². The molecule has 0 radical (unpaired) electrons. The van der Waals surface area contributed by atoms with Gasteiger partial charge in [-0.15, -0.1) is 0 Å². The van der Waals surface area contributed by atoms with Gasteiger partial charge in [-0.3, -0.25) is 4.79 Å². The van der Waals surface area contributed by atoms with Gasteiger partial charge in [0.2, 0.25) is 15.9 Å². The maximum atomic E-state index is 12.5. The van der Waals surface area contributed by atoms with Crippen molar-refractivity contribution in [2.45, 2.75) is 44.2 Å². The van der Waals surface area contributed by atoms with Crippen LogP contribution in [0.2, 0.25) is 0 Å². The first-order valence-electron chi connectivity index (χ1n) is 7.19. The van der Waals surface area contributed by atoms with Crippen LogP contribution in [0.1, 0.15) is 32.8 Å². The second kappa shape index (κ2) is 7.71. The number of sulfonamides is 1. The van der Waals surface area contributed by atoms with Crippen LogP contribution in [0.15, 0.2) is 29.2 Å². The van der Waals surface area contributed by atoms with E-state index in [9.17, 15) is 13.2 Å². The highest BCUT2D eigenvalue weighted by atomic mass is 32.2. The lowest BCUT2D eigenvalue weighted by molar-refractivity contribution is -0.121. The molecule has 1 rings (SSSR count). The number of benzene rings is 1. The predicted octanol–water partition coefficient (Wildman–Crippen LogP) is 0.989. The summed E-state index contributed by atoms with van der Waals surface area (Å²) in [6, 6.07) is 6.67. The molecule has 7 heteroatoms. The van der Waals surface area contributed by atoms with Crippen molar-refractivity contribution in [2.75, 3.05) is 13.6 Å². The monoisotopic (exact) mass is 327 g/mol. The van der Waals surface area contributed by atoms with Crippen LogP contribution in [-0.4, -0.2) is 33.5 Å². The molecule has 0 fully saturated rings. The van der Waals surface area contributed by atoms with E-state index in [2.05, 4.69) is 15.4 Å². The maximum Gasteiger partial charge on any atom is 0.241 e. The normalized spacial score (nSPS) is 12.2. The molecular formula is C15H25N3O3S. The van der Waals surface area contributed by atoms with E-state index in [0.717, 1.165) is 0 Å². The Hall–Kier alpha value is -1.44. The summed E-state index contributed by atoms with van der Waals surface area (Å²) in [6.07, 6.45) is 0.353. The first-order valence-corrected chi connectivity index (χ1v) is 8.67. The van der Waals surface area contributed by atoms with Crippen LogP contribution in [0.4, 0.5) is 0 Å². The molecule has 0 aliphatic rings. The minimum atomic E-state index is -3.63. The summed E-state index contributed by atoms with van der Waals surface area (Å²) in [4.78, 5) is 11.8. The molecule has 6 nitrogen and oxygen atoms in total. The SMILES string of the molecule is CNCCC(=O)NCc1ccccc1S(=O)(=O)NC(C)(C)C. The van der Waals surface area contributed by atoms with Crippen molar-refractivity contribution in [1.82, 2.24) is 15.4 Å². The lowest BCUT2D eigenvalue weighted by atomic mass is 10.1. The van der Waals surface area contributed by atoms with E-state index in [1.807, 2.05) is 0 Å². The molecule has 0 spiro atoms. The van der Waals surface area contributed by atoms with Crippen LogP contribution in [0.5, 0.6) is 0 Å².